The van der Waals surface area contributed by atoms with Crippen molar-refractivity contribution in [2.45, 2.75) is 64.7 Å². The van der Waals surface area contributed by atoms with Crippen LogP contribution in [-0.2, 0) is 0 Å². The zero-order valence-corrected chi connectivity index (χ0v) is 35.0. The van der Waals surface area contributed by atoms with Crippen molar-refractivity contribution >= 4 is 78.1 Å². The minimum Gasteiger partial charge on any atom is -0.497 e. The molecular formula is C39H46N8O5S3. The van der Waals surface area contributed by atoms with Gasteiger partial charge in [0, 0.05) is 22.2 Å². The number of carbonyl (C=O) groups is 2. The molecule has 0 aliphatic carbocycles. The van der Waals surface area contributed by atoms with Crippen LogP contribution in [0.15, 0.2) is 53.7 Å². The van der Waals surface area contributed by atoms with Crippen LogP contribution in [-0.4, -0.2) is 69.9 Å². The third kappa shape index (κ3) is 9.55. The summed E-state index contributed by atoms with van der Waals surface area (Å²) in [6.45, 7) is 13.9. The molecule has 6 N–H and O–H groups in total. The minimum atomic E-state index is -0.377. The number of carbonyl (C=O) groups excluding carboxylic acids is 2. The van der Waals surface area contributed by atoms with Crippen LogP contribution in [0.25, 0.3) is 42.9 Å². The molecular weight excluding hydrogens is 757 g/mol. The highest BCUT2D eigenvalue weighted by Crippen LogP contribution is 2.41. The Balaban J connectivity index is 0.000000211. The molecule has 2 aromatic carbocycles. The van der Waals surface area contributed by atoms with Gasteiger partial charge in [-0.1, -0.05) is 36.0 Å². The second-order valence-corrected chi connectivity index (χ2v) is 17.0. The quantitative estimate of drug-likeness (QED) is 0.0814. The molecule has 0 radical (unpaired) electrons. The van der Waals surface area contributed by atoms with Gasteiger partial charge in [-0.15, -0.1) is 22.7 Å². The summed E-state index contributed by atoms with van der Waals surface area (Å²) in [4.78, 5) is 45.8. The Morgan fingerprint density at radius 2 is 1.18 bits per heavy atom. The van der Waals surface area contributed by atoms with Gasteiger partial charge in [-0.2, -0.15) is 9.97 Å². The Kier molecular flexibility index (Phi) is 12.4. The van der Waals surface area contributed by atoms with E-state index < -0.39 is 0 Å². The number of anilines is 2. The van der Waals surface area contributed by atoms with Crippen LogP contribution in [0.5, 0.6) is 17.5 Å². The van der Waals surface area contributed by atoms with E-state index in [1.807, 2.05) is 103 Å². The molecule has 13 nitrogen and oxygen atoms in total. The SMILES string of the molecule is CCOc1nc(-c2cccc(OC)c2)c2c(N)c(C(=O)NC(C)(C)C)sc2n1.COc1cccc(-c2nc(SC)nc3sc(C(=O)NC(C)(C)C)c(N)c23)c1. The Bertz CT molecular complexity index is 2360. The first kappa shape index (κ1) is 41.0. The first-order valence-corrected chi connectivity index (χ1v) is 20.1. The number of nitrogens with two attached hydrogens (primary N) is 2. The van der Waals surface area contributed by atoms with Gasteiger partial charge >= 0.3 is 6.01 Å². The van der Waals surface area contributed by atoms with Crippen molar-refractivity contribution in [3.05, 3.63) is 58.3 Å². The number of nitrogens with zero attached hydrogens (tertiary/aromatic N) is 4. The Labute approximate surface area is 332 Å². The molecule has 0 aliphatic heterocycles. The van der Waals surface area contributed by atoms with E-state index in [1.165, 1.54) is 34.4 Å². The second kappa shape index (κ2) is 16.7. The molecule has 0 aliphatic rings. The standard InChI is InChI=1S/C20H24N4O3S.C19H22N4O2S2/c1-6-27-19-22-15(11-8-7-9-12(10-11)26-5)13-14(21)16(28-18(13)23-19)17(25)24-20(2,3)4;1-19(2,3)23-16(24)15-13(20)12-14(10-7-6-8-11(9-10)25-4)21-18(26-5)22-17(12)27-15/h7-10H,6,21H2,1-5H3,(H,24,25);6-9H,20H2,1-5H3,(H,23,24). The first-order chi connectivity index (χ1) is 26.0. The largest absolute Gasteiger partial charge is 0.497 e. The number of nitrogen functional groups attached to an aromatic ring is 2. The molecule has 0 saturated heterocycles. The first-order valence-electron chi connectivity index (χ1n) is 17.3. The molecule has 6 rings (SSSR count). The molecule has 4 heterocycles. The number of rotatable bonds is 9. The summed E-state index contributed by atoms with van der Waals surface area (Å²) < 4.78 is 16.2. The summed E-state index contributed by atoms with van der Waals surface area (Å²) in [5.74, 6) is 0.985. The Hall–Kier alpha value is -5.19. The number of ether oxygens (including phenoxy) is 3. The van der Waals surface area contributed by atoms with Crippen LogP contribution >= 0.6 is 34.4 Å². The van der Waals surface area contributed by atoms with Gasteiger partial charge in [0.25, 0.3) is 11.8 Å². The lowest BCUT2D eigenvalue weighted by Crippen LogP contribution is -2.40. The molecule has 0 atom stereocenters. The van der Waals surface area contributed by atoms with E-state index in [-0.39, 0.29) is 28.9 Å². The Morgan fingerprint density at radius 1 is 0.727 bits per heavy atom. The molecule has 0 bridgehead atoms. The molecule has 55 heavy (non-hydrogen) atoms. The third-order valence-corrected chi connectivity index (χ3v) is 10.4. The van der Waals surface area contributed by atoms with E-state index in [2.05, 4.69) is 30.6 Å². The lowest BCUT2D eigenvalue weighted by Gasteiger charge is -2.20. The molecule has 16 heteroatoms. The molecule has 6 aromatic rings. The maximum atomic E-state index is 12.7. The van der Waals surface area contributed by atoms with Crippen LogP contribution in [0.4, 0.5) is 11.4 Å². The second-order valence-electron chi connectivity index (χ2n) is 14.3. The van der Waals surface area contributed by atoms with Gasteiger partial charge in [0.05, 0.1) is 54.4 Å². The highest BCUT2D eigenvalue weighted by atomic mass is 32.2. The number of aromatic nitrogens is 4. The minimum absolute atomic E-state index is 0.203. The van der Waals surface area contributed by atoms with Crippen molar-refractivity contribution < 1.29 is 23.8 Å². The van der Waals surface area contributed by atoms with Crippen molar-refractivity contribution in [1.29, 1.82) is 0 Å². The van der Waals surface area contributed by atoms with Gasteiger partial charge in [-0.25, -0.2) is 9.97 Å². The fourth-order valence-electron chi connectivity index (χ4n) is 5.38. The van der Waals surface area contributed by atoms with E-state index in [0.29, 0.717) is 70.5 Å². The molecule has 2 amide bonds. The van der Waals surface area contributed by atoms with E-state index in [4.69, 9.17) is 25.7 Å². The van der Waals surface area contributed by atoms with Crippen LogP contribution in [0.1, 0.15) is 67.8 Å². The monoisotopic (exact) mass is 802 g/mol. The predicted molar refractivity (Wildman–Crippen MR) is 225 cm³/mol. The van der Waals surface area contributed by atoms with E-state index in [9.17, 15) is 9.59 Å². The average Bonchev–Trinajstić information content (AvgIpc) is 3.66. The maximum Gasteiger partial charge on any atom is 0.318 e. The summed E-state index contributed by atoms with van der Waals surface area (Å²) in [6.07, 6.45) is 1.92. The fraction of sp³-hybridized carbons (Fsp3) is 0.333. The van der Waals surface area contributed by atoms with Crippen molar-refractivity contribution in [3.8, 4) is 40.0 Å². The van der Waals surface area contributed by atoms with Gasteiger partial charge in [-0.3, -0.25) is 9.59 Å². The molecule has 0 fully saturated rings. The predicted octanol–water partition coefficient (Wildman–Crippen LogP) is 8.08. The van der Waals surface area contributed by atoms with Crippen LogP contribution in [0.3, 0.4) is 0 Å². The normalized spacial score (nSPS) is 11.5. The summed E-state index contributed by atoms with van der Waals surface area (Å²) in [6, 6.07) is 15.4. The van der Waals surface area contributed by atoms with Gasteiger partial charge in [-0.05, 0) is 79.0 Å². The topological polar surface area (TPSA) is 189 Å². The van der Waals surface area contributed by atoms with Crippen molar-refractivity contribution in [2.75, 3.05) is 38.5 Å². The van der Waals surface area contributed by atoms with Crippen LogP contribution in [0, 0.1) is 0 Å². The number of amides is 2. The number of thioether (sulfide) groups is 1. The fourth-order valence-corrected chi connectivity index (χ4v) is 7.77. The van der Waals surface area contributed by atoms with Gasteiger partial charge < -0.3 is 36.3 Å². The van der Waals surface area contributed by atoms with Gasteiger partial charge in [0.1, 0.15) is 30.9 Å². The number of benzene rings is 2. The highest BCUT2D eigenvalue weighted by Gasteiger charge is 2.26. The number of hydrogen-bond donors (Lipinski definition) is 4. The number of fused-ring (bicyclic) bond motifs is 2. The van der Waals surface area contributed by atoms with E-state index in [1.54, 1.807) is 14.2 Å². The molecule has 0 spiro atoms. The smallest absolute Gasteiger partial charge is 0.318 e. The highest BCUT2D eigenvalue weighted by molar-refractivity contribution is 7.98. The maximum absolute atomic E-state index is 12.7. The zero-order valence-electron chi connectivity index (χ0n) is 32.5. The number of nitrogens with one attached hydrogen (secondary N) is 2. The zero-order chi connectivity index (χ0) is 40.2. The van der Waals surface area contributed by atoms with Crippen LogP contribution in [0.2, 0.25) is 0 Å². The number of hydrogen-bond acceptors (Lipinski definition) is 14. The van der Waals surface area contributed by atoms with Gasteiger partial charge in [0.2, 0.25) is 0 Å². The summed E-state index contributed by atoms with van der Waals surface area (Å²) >= 11 is 3.97. The average molecular weight is 803 g/mol. The van der Waals surface area contributed by atoms with Gasteiger partial charge in [0.15, 0.2) is 5.16 Å². The lowest BCUT2D eigenvalue weighted by atomic mass is 10.1. The summed E-state index contributed by atoms with van der Waals surface area (Å²) in [5, 5.41) is 7.88. The molecule has 290 valence electrons. The van der Waals surface area contributed by atoms with Crippen molar-refractivity contribution in [1.82, 2.24) is 30.6 Å². The Morgan fingerprint density at radius 3 is 1.60 bits per heavy atom. The number of methoxy groups -OCH3 is 2. The summed E-state index contributed by atoms with van der Waals surface area (Å²) in [5.41, 5.74) is 15.8. The van der Waals surface area contributed by atoms with E-state index >= 15 is 0 Å². The lowest BCUT2D eigenvalue weighted by molar-refractivity contribution is 0.0915. The third-order valence-electron chi connectivity index (χ3n) is 7.67. The molecule has 0 saturated carbocycles. The van der Waals surface area contributed by atoms with Crippen molar-refractivity contribution in [3.63, 3.8) is 0 Å². The molecule has 4 aromatic heterocycles. The molecule has 0 unspecified atom stereocenters. The number of thiophene rings is 2. The van der Waals surface area contributed by atoms with Crippen molar-refractivity contribution in [2.24, 2.45) is 0 Å². The van der Waals surface area contributed by atoms with E-state index in [0.717, 1.165) is 16.9 Å². The summed E-state index contributed by atoms with van der Waals surface area (Å²) in [7, 11) is 3.23. The van der Waals surface area contributed by atoms with Crippen LogP contribution < -0.4 is 36.3 Å².